The van der Waals surface area contributed by atoms with E-state index in [9.17, 15) is 4.79 Å². The van der Waals surface area contributed by atoms with Gasteiger partial charge in [0.05, 0.1) is 6.04 Å². The number of carbonyl (C=O) groups is 1. The number of hydrogen-bond donors (Lipinski definition) is 2. The summed E-state index contributed by atoms with van der Waals surface area (Å²) in [6, 6.07) is -0.225. The number of aliphatic hydroxyl groups excluding tert-OH is 1. The van der Waals surface area contributed by atoms with E-state index < -0.39 is 6.09 Å². The Kier molecular flexibility index (Phi) is 2.88. The number of nitrogens with zero attached hydrogens (tertiary/aromatic N) is 1. The van der Waals surface area contributed by atoms with Gasteiger partial charge < -0.3 is 10.2 Å². The zero-order valence-electron chi connectivity index (χ0n) is 6.55. The number of hydrogen-bond acceptors (Lipinski definition) is 2. The highest BCUT2D eigenvalue weighted by molar-refractivity contribution is 5.67. The van der Waals surface area contributed by atoms with Gasteiger partial charge in [0.15, 0.2) is 0 Å². The second kappa shape index (κ2) is 3.92. The van der Waals surface area contributed by atoms with Crippen molar-refractivity contribution in [1.82, 2.24) is 4.90 Å². The third-order valence-electron chi connectivity index (χ3n) is 1.69. The summed E-state index contributed by atoms with van der Waals surface area (Å²) in [7, 11) is 0. The topological polar surface area (TPSA) is 60.8 Å². The molecule has 0 aromatic carbocycles. The normalized spacial score (nSPS) is 21.4. The Labute approximate surface area is 70.4 Å². The van der Waals surface area contributed by atoms with E-state index in [0.717, 1.165) is 0 Å². The van der Waals surface area contributed by atoms with Gasteiger partial charge in [0.25, 0.3) is 0 Å². The molecule has 0 saturated heterocycles. The van der Waals surface area contributed by atoms with E-state index in [2.05, 4.69) is 0 Å². The van der Waals surface area contributed by atoms with Crippen molar-refractivity contribution in [3.8, 4) is 0 Å². The summed E-state index contributed by atoms with van der Waals surface area (Å²) in [6.07, 6.45) is 6.12. The predicted molar refractivity (Wildman–Crippen MR) is 43.6 cm³/mol. The maximum absolute atomic E-state index is 10.6. The van der Waals surface area contributed by atoms with Crippen molar-refractivity contribution >= 4 is 6.09 Å². The fourth-order valence-electron chi connectivity index (χ4n) is 1.11. The van der Waals surface area contributed by atoms with Crippen LogP contribution in [0.25, 0.3) is 0 Å². The summed E-state index contributed by atoms with van der Waals surface area (Å²) in [5, 5.41) is 17.3. The van der Waals surface area contributed by atoms with Gasteiger partial charge >= 0.3 is 6.09 Å². The molecule has 2 N–H and O–H groups in total. The summed E-state index contributed by atoms with van der Waals surface area (Å²) in [5.74, 6) is 0. The number of aliphatic hydroxyl groups is 1. The second-order valence-corrected chi connectivity index (χ2v) is 2.50. The molecule has 0 radical (unpaired) electrons. The van der Waals surface area contributed by atoms with Crippen LogP contribution < -0.4 is 0 Å². The number of carboxylic acid groups (broad SMARTS) is 1. The Hall–Kier alpha value is -1.29. The molecule has 0 spiro atoms. The fourth-order valence-corrected chi connectivity index (χ4v) is 1.11. The van der Waals surface area contributed by atoms with Gasteiger partial charge in [-0.05, 0) is 12.5 Å². The molecular weight excluding hydrogens is 158 g/mol. The van der Waals surface area contributed by atoms with E-state index in [1.807, 2.05) is 0 Å². The summed E-state index contributed by atoms with van der Waals surface area (Å²) in [5.41, 5.74) is 0. The maximum Gasteiger partial charge on any atom is 0.411 e. The monoisotopic (exact) mass is 169 g/mol. The molecule has 0 aromatic rings. The van der Waals surface area contributed by atoms with Crippen LogP contribution in [0.5, 0.6) is 0 Å². The number of rotatable bonds is 2. The summed E-state index contributed by atoms with van der Waals surface area (Å²) < 4.78 is 0. The van der Waals surface area contributed by atoms with Crippen LogP contribution >= 0.6 is 0 Å². The fraction of sp³-hybridized carbons (Fsp3) is 0.375. The van der Waals surface area contributed by atoms with Crippen molar-refractivity contribution in [2.45, 2.75) is 12.5 Å². The molecule has 1 amide bonds. The van der Waals surface area contributed by atoms with Crippen molar-refractivity contribution in [1.29, 1.82) is 0 Å². The van der Waals surface area contributed by atoms with E-state index in [1.165, 1.54) is 11.1 Å². The molecule has 0 aromatic heterocycles. The molecule has 0 bridgehead atoms. The standard InChI is InChI=1S/C8H11NO3/c10-6-4-7-3-1-2-5-9(7)8(11)12/h1-3,5,7,10H,4,6H2,(H,11,12). The van der Waals surface area contributed by atoms with E-state index in [1.54, 1.807) is 18.2 Å². The third-order valence-corrected chi connectivity index (χ3v) is 1.69. The first-order valence-corrected chi connectivity index (χ1v) is 3.73. The van der Waals surface area contributed by atoms with Crippen molar-refractivity contribution in [2.24, 2.45) is 0 Å². The Morgan fingerprint density at radius 2 is 2.25 bits per heavy atom. The van der Waals surface area contributed by atoms with E-state index in [-0.39, 0.29) is 12.6 Å². The molecule has 1 aliphatic rings. The quantitative estimate of drug-likeness (QED) is 0.642. The highest BCUT2D eigenvalue weighted by Gasteiger charge is 2.19. The molecule has 0 saturated carbocycles. The molecule has 66 valence electrons. The van der Waals surface area contributed by atoms with Gasteiger partial charge in [0, 0.05) is 12.8 Å². The van der Waals surface area contributed by atoms with Crippen LogP contribution in [0.3, 0.4) is 0 Å². The molecule has 1 atom stereocenters. The summed E-state index contributed by atoms with van der Waals surface area (Å²) in [6.45, 7) is -0.00731. The summed E-state index contributed by atoms with van der Waals surface area (Å²) >= 11 is 0. The van der Waals surface area contributed by atoms with Gasteiger partial charge in [-0.3, -0.25) is 4.90 Å². The van der Waals surface area contributed by atoms with Crippen LogP contribution in [0.4, 0.5) is 4.79 Å². The Balaban J connectivity index is 2.64. The molecule has 1 unspecified atom stereocenters. The second-order valence-electron chi connectivity index (χ2n) is 2.50. The Bertz CT molecular complexity index is 222. The van der Waals surface area contributed by atoms with Crippen LogP contribution in [0.2, 0.25) is 0 Å². The average molecular weight is 169 g/mol. The maximum atomic E-state index is 10.6. The largest absolute Gasteiger partial charge is 0.465 e. The van der Waals surface area contributed by atoms with Gasteiger partial charge in [-0.2, -0.15) is 0 Å². The van der Waals surface area contributed by atoms with Crippen molar-refractivity contribution in [2.75, 3.05) is 6.61 Å². The first-order chi connectivity index (χ1) is 5.75. The van der Waals surface area contributed by atoms with Crippen LogP contribution in [-0.4, -0.2) is 33.9 Å². The molecular formula is C8H11NO3. The number of amides is 1. The lowest BCUT2D eigenvalue weighted by Crippen LogP contribution is -2.35. The van der Waals surface area contributed by atoms with E-state index in [0.29, 0.717) is 6.42 Å². The number of allylic oxidation sites excluding steroid dienone is 2. The lowest BCUT2D eigenvalue weighted by Gasteiger charge is -2.24. The lowest BCUT2D eigenvalue weighted by atomic mass is 10.1. The average Bonchev–Trinajstić information content (AvgIpc) is 2.05. The van der Waals surface area contributed by atoms with Crippen LogP contribution in [0.15, 0.2) is 24.4 Å². The molecule has 12 heavy (non-hydrogen) atoms. The summed E-state index contributed by atoms with van der Waals surface area (Å²) in [4.78, 5) is 11.8. The van der Waals surface area contributed by atoms with Gasteiger partial charge in [0.2, 0.25) is 0 Å². The molecule has 4 nitrogen and oxygen atoms in total. The molecule has 0 fully saturated rings. The zero-order chi connectivity index (χ0) is 8.97. The minimum atomic E-state index is -0.992. The van der Waals surface area contributed by atoms with Crippen LogP contribution in [-0.2, 0) is 0 Å². The van der Waals surface area contributed by atoms with Crippen molar-refractivity contribution < 1.29 is 15.0 Å². The van der Waals surface area contributed by atoms with Crippen LogP contribution in [0.1, 0.15) is 6.42 Å². The molecule has 1 rings (SSSR count). The Morgan fingerprint density at radius 3 is 2.83 bits per heavy atom. The SMILES string of the molecule is O=C(O)N1C=CC=CC1CCO. The molecule has 1 aliphatic heterocycles. The van der Waals surface area contributed by atoms with Crippen LogP contribution in [0, 0.1) is 0 Å². The lowest BCUT2D eigenvalue weighted by molar-refractivity contribution is 0.147. The van der Waals surface area contributed by atoms with Gasteiger partial charge in [-0.15, -0.1) is 0 Å². The molecule has 0 aliphatic carbocycles. The third kappa shape index (κ3) is 1.85. The first-order valence-electron chi connectivity index (χ1n) is 3.73. The smallest absolute Gasteiger partial charge is 0.411 e. The van der Waals surface area contributed by atoms with Gasteiger partial charge in [0.1, 0.15) is 0 Å². The molecule has 4 heteroatoms. The predicted octanol–water partition coefficient (Wildman–Crippen LogP) is 0.801. The zero-order valence-corrected chi connectivity index (χ0v) is 6.55. The minimum Gasteiger partial charge on any atom is -0.465 e. The van der Waals surface area contributed by atoms with Crippen molar-refractivity contribution in [3.05, 3.63) is 24.4 Å². The van der Waals surface area contributed by atoms with E-state index in [4.69, 9.17) is 10.2 Å². The van der Waals surface area contributed by atoms with Gasteiger partial charge in [-0.25, -0.2) is 4.79 Å². The van der Waals surface area contributed by atoms with Crippen molar-refractivity contribution in [3.63, 3.8) is 0 Å². The highest BCUT2D eigenvalue weighted by atomic mass is 16.4. The highest BCUT2D eigenvalue weighted by Crippen LogP contribution is 2.11. The van der Waals surface area contributed by atoms with E-state index >= 15 is 0 Å². The van der Waals surface area contributed by atoms with Gasteiger partial charge in [-0.1, -0.05) is 12.2 Å². The first kappa shape index (κ1) is 8.80. The Morgan fingerprint density at radius 1 is 1.50 bits per heavy atom. The minimum absolute atomic E-state index is 0.00731. The molecule has 1 heterocycles.